The van der Waals surface area contributed by atoms with Crippen LogP contribution in [0.1, 0.15) is 40.2 Å². The van der Waals surface area contributed by atoms with Gasteiger partial charge in [0.05, 0.1) is 24.3 Å². The number of hydrogen-bond donors (Lipinski definition) is 5. The van der Waals surface area contributed by atoms with Crippen LogP contribution in [-0.4, -0.2) is 34.6 Å². The van der Waals surface area contributed by atoms with Crippen LogP contribution in [0.4, 0.5) is 25.1 Å². The van der Waals surface area contributed by atoms with E-state index >= 15 is 0 Å². The van der Waals surface area contributed by atoms with E-state index in [9.17, 15) is 13.6 Å². The standard InChI is InChI=1S/C25H33FN8O.CH3F/c1-6-7-11-20(12-16(2)26)34(29)23(33-28)21-14-18(15-30-22(21)27)17-9-8-10-19(13-17)31-24(35)32-25(3,4)5;1-2/h6-15H,28-29H2,1-5H3,(H2,27,30)(H2,31,32,35);1H3/b7-6-,16-12+,20-11+,33-23-;. The average molecular weight is 515 g/mol. The molecule has 1 heterocycles. The first kappa shape index (κ1) is 30.8. The lowest BCUT2D eigenvalue weighted by molar-refractivity contribution is 0.244. The lowest BCUT2D eigenvalue weighted by Gasteiger charge is -2.22. The van der Waals surface area contributed by atoms with Gasteiger partial charge in [0, 0.05) is 23.0 Å². The van der Waals surface area contributed by atoms with E-state index in [1.807, 2.05) is 33.8 Å². The van der Waals surface area contributed by atoms with Crippen molar-refractivity contribution in [1.82, 2.24) is 15.3 Å². The molecule has 2 aromatic rings. The largest absolute Gasteiger partial charge is 0.383 e. The van der Waals surface area contributed by atoms with Crippen LogP contribution in [0, 0.1) is 0 Å². The second kappa shape index (κ2) is 14.3. The van der Waals surface area contributed by atoms with E-state index in [-0.39, 0.29) is 23.2 Å². The molecule has 1 aromatic carbocycles. The molecule has 0 bridgehead atoms. The van der Waals surface area contributed by atoms with E-state index in [2.05, 4.69) is 20.7 Å². The van der Waals surface area contributed by atoms with Crippen LogP contribution < -0.4 is 28.1 Å². The highest BCUT2D eigenvalue weighted by molar-refractivity contribution is 6.04. The van der Waals surface area contributed by atoms with Gasteiger partial charge in [0.1, 0.15) is 5.82 Å². The van der Waals surface area contributed by atoms with Crippen molar-refractivity contribution in [3.8, 4) is 11.1 Å². The number of pyridine rings is 1. The predicted octanol–water partition coefficient (Wildman–Crippen LogP) is 4.97. The molecular formula is C26H36F2N8O. The molecule has 8 N–H and O–H groups in total. The predicted molar refractivity (Wildman–Crippen MR) is 148 cm³/mol. The summed E-state index contributed by atoms with van der Waals surface area (Å²) in [7, 11) is 0.500. The van der Waals surface area contributed by atoms with Gasteiger partial charge in [0.15, 0.2) is 5.84 Å². The number of alkyl halides is 1. The third-order valence-electron chi connectivity index (χ3n) is 4.54. The van der Waals surface area contributed by atoms with Crippen LogP contribution in [-0.2, 0) is 0 Å². The molecule has 0 radical (unpaired) electrons. The maximum Gasteiger partial charge on any atom is 0.319 e. The quantitative estimate of drug-likeness (QED) is 0.121. The Morgan fingerprint density at radius 3 is 2.43 bits per heavy atom. The van der Waals surface area contributed by atoms with Gasteiger partial charge in [-0.05, 0) is 70.5 Å². The molecule has 1 aromatic heterocycles. The zero-order chi connectivity index (χ0) is 28.2. The summed E-state index contributed by atoms with van der Waals surface area (Å²) < 4.78 is 23.2. The Bertz CT molecular complexity index is 1180. The number of rotatable bonds is 6. The zero-order valence-corrected chi connectivity index (χ0v) is 22.0. The van der Waals surface area contributed by atoms with Gasteiger partial charge >= 0.3 is 6.03 Å². The van der Waals surface area contributed by atoms with E-state index in [1.54, 1.807) is 48.7 Å². The van der Waals surface area contributed by atoms with Gasteiger partial charge < -0.3 is 22.2 Å². The normalized spacial score (nSPS) is 12.6. The number of nitrogens with two attached hydrogens (primary N) is 3. The van der Waals surface area contributed by atoms with Crippen LogP contribution >= 0.6 is 0 Å². The molecule has 2 amide bonds. The lowest BCUT2D eigenvalue weighted by atomic mass is 10.0. The molecule has 0 aliphatic carbocycles. The summed E-state index contributed by atoms with van der Waals surface area (Å²) in [6.07, 6.45) is 7.92. The Kier molecular flexibility index (Phi) is 11.9. The lowest BCUT2D eigenvalue weighted by Crippen LogP contribution is -2.43. The number of carbonyl (C=O) groups is 1. The highest BCUT2D eigenvalue weighted by Crippen LogP contribution is 2.26. The molecular weight excluding hydrogens is 478 g/mol. The van der Waals surface area contributed by atoms with Gasteiger partial charge in [-0.15, -0.1) is 0 Å². The van der Waals surface area contributed by atoms with Crippen LogP contribution in [0.2, 0.25) is 0 Å². The molecule has 200 valence electrons. The fourth-order valence-electron chi connectivity index (χ4n) is 3.07. The summed E-state index contributed by atoms with van der Waals surface area (Å²) in [6.45, 7) is 8.80. The van der Waals surface area contributed by atoms with Gasteiger partial charge in [0.25, 0.3) is 0 Å². The number of hydrazine groups is 1. The number of halogens is 2. The van der Waals surface area contributed by atoms with Gasteiger partial charge in [-0.1, -0.05) is 24.3 Å². The molecule has 0 unspecified atom stereocenters. The second-order valence-corrected chi connectivity index (χ2v) is 8.74. The zero-order valence-electron chi connectivity index (χ0n) is 22.0. The second-order valence-electron chi connectivity index (χ2n) is 8.74. The minimum absolute atomic E-state index is 0.0870. The van der Waals surface area contributed by atoms with Gasteiger partial charge in [-0.25, -0.2) is 20.0 Å². The van der Waals surface area contributed by atoms with Crippen LogP contribution in [0.5, 0.6) is 0 Å². The maximum atomic E-state index is 13.7. The molecule has 37 heavy (non-hydrogen) atoms. The molecule has 0 saturated carbocycles. The van der Waals surface area contributed by atoms with Crippen LogP contribution in [0.25, 0.3) is 11.1 Å². The van der Waals surface area contributed by atoms with E-state index in [0.29, 0.717) is 29.7 Å². The number of allylic oxidation sites excluding steroid dienone is 5. The number of benzene rings is 1. The number of aromatic nitrogens is 1. The van der Waals surface area contributed by atoms with Crippen LogP contribution in [0.15, 0.2) is 77.5 Å². The summed E-state index contributed by atoms with van der Waals surface area (Å²) in [5, 5.41) is 10.6. The number of nitrogens with zero attached hydrogens (tertiary/aromatic N) is 3. The number of amidine groups is 1. The van der Waals surface area contributed by atoms with Gasteiger partial charge in [-0.2, -0.15) is 5.10 Å². The number of nitrogens with one attached hydrogen (secondary N) is 2. The first-order valence-corrected chi connectivity index (χ1v) is 11.3. The summed E-state index contributed by atoms with van der Waals surface area (Å²) in [4.78, 5) is 16.5. The molecule has 0 fully saturated rings. The van der Waals surface area contributed by atoms with Crippen molar-refractivity contribution < 1.29 is 13.6 Å². The topological polar surface area (TPSA) is 148 Å². The van der Waals surface area contributed by atoms with E-state index in [0.717, 1.165) is 10.6 Å². The summed E-state index contributed by atoms with van der Waals surface area (Å²) >= 11 is 0. The Morgan fingerprint density at radius 2 is 1.86 bits per heavy atom. The van der Waals surface area contributed by atoms with E-state index in [4.69, 9.17) is 17.4 Å². The Labute approximate surface area is 216 Å². The fourth-order valence-corrected chi connectivity index (χ4v) is 3.07. The molecule has 11 heteroatoms. The van der Waals surface area contributed by atoms with Crippen molar-refractivity contribution in [3.05, 3.63) is 77.9 Å². The number of urea groups is 1. The summed E-state index contributed by atoms with van der Waals surface area (Å²) in [6, 6.07) is 8.63. The Balaban J connectivity index is 0.00000334. The Hall–Kier alpha value is -4.25. The number of amides is 2. The maximum absolute atomic E-state index is 13.7. The van der Waals surface area contributed by atoms with E-state index in [1.165, 1.54) is 13.0 Å². The van der Waals surface area contributed by atoms with Crippen molar-refractivity contribution in [2.45, 2.75) is 40.2 Å². The van der Waals surface area contributed by atoms with Crippen molar-refractivity contribution in [2.75, 3.05) is 18.2 Å². The highest BCUT2D eigenvalue weighted by Gasteiger charge is 2.19. The minimum atomic E-state index is -0.452. The highest BCUT2D eigenvalue weighted by atomic mass is 19.1. The summed E-state index contributed by atoms with van der Waals surface area (Å²) in [5.41, 5.74) is 8.43. The summed E-state index contributed by atoms with van der Waals surface area (Å²) in [5.74, 6) is 11.7. The van der Waals surface area contributed by atoms with Crippen molar-refractivity contribution in [1.29, 1.82) is 0 Å². The fraction of sp³-hybridized carbons (Fsp3) is 0.269. The first-order valence-electron chi connectivity index (χ1n) is 11.3. The van der Waals surface area contributed by atoms with Crippen molar-refractivity contribution >= 4 is 23.4 Å². The Morgan fingerprint density at radius 1 is 1.19 bits per heavy atom. The first-order chi connectivity index (χ1) is 17.4. The van der Waals surface area contributed by atoms with Crippen LogP contribution in [0.3, 0.4) is 0 Å². The smallest absolute Gasteiger partial charge is 0.319 e. The molecule has 2 rings (SSSR count). The molecule has 0 saturated heterocycles. The molecule has 0 spiro atoms. The monoisotopic (exact) mass is 514 g/mol. The van der Waals surface area contributed by atoms with Crippen molar-refractivity contribution in [3.63, 3.8) is 0 Å². The number of hydrogen-bond acceptors (Lipinski definition) is 6. The van der Waals surface area contributed by atoms with Crippen molar-refractivity contribution in [2.24, 2.45) is 16.8 Å². The third-order valence-corrected chi connectivity index (χ3v) is 4.54. The number of nitrogen functional groups attached to an aromatic ring is 1. The number of anilines is 2. The molecule has 9 nitrogen and oxygen atoms in total. The third kappa shape index (κ3) is 9.73. The van der Waals surface area contributed by atoms with E-state index < -0.39 is 5.83 Å². The average Bonchev–Trinajstić information content (AvgIpc) is 2.83. The minimum Gasteiger partial charge on any atom is -0.383 e. The van der Waals surface area contributed by atoms with Gasteiger partial charge in [-0.3, -0.25) is 9.40 Å². The van der Waals surface area contributed by atoms with Gasteiger partial charge in [0.2, 0.25) is 0 Å². The molecule has 0 atom stereocenters. The number of carbonyl (C=O) groups excluding carboxylic acids is 1. The molecule has 0 aliphatic rings. The SMILES string of the molecule is CF.C\C=C/C=C(\C=C(/C)F)N(N)/C(=N\N)c1cc(-c2cccc(NC(=O)NC(C)(C)C)c2)cnc1N. The number of hydrazone groups is 1. The molecule has 0 aliphatic heterocycles.